The normalized spacial score (nSPS) is 24.8. The van der Waals surface area contributed by atoms with Gasteiger partial charge in [0.25, 0.3) is 0 Å². The number of hydrogen-bond acceptors (Lipinski definition) is 1. The summed E-state index contributed by atoms with van der Waals surface area (Å²) in [6.45, 7) is 3.19. The first-order valence-electron chi connectivity index (χ1n) is 5.97. The molecule has 0 spiro atoms. The average molecular weight is 210 g/mol. The average Bonchev–Trinajstić information content (AvgIpc) is 2.32. The van der Waals surface area contributed by atoms with Crippen molar-refractivity contribution in [2.45, 2.75) is 38.7 Å². The smallest absolute Gasteiger partial charge is 0.375 e. The zero-order valence-corrected chi connectivity index (χ0v) is 10.4. The van der Waals surface area contributed by atoms with E-state index in [0.717, 1.165) is 12.5 Å². The number of rotatable bonds is 3. The van der Waals surface area contributed by atoms with Crippen LogP contribution in [0.4, 0.5) is 0 Å². The molecule has 0 N–H and O–H groups in total. The SMILES string of the molecule is CCCC1CCC(c2cc[c-]cc2)OC1.[Li+]. The maximum absolute atomic E-state index is 5.92. The molecule has 1 heterocycles. The molecule has 0 aromatic heterocycles. The molecule has 1 aliphatic heterocycles. The molecular weight excluding hydrogens is 191 g/mol. The fourth-order valence-corrected chi connectivity index (χ4v) is 2.32. The Morgan fingerprint density at radius 3 is 2.62 bits per heavy atom. The number of hydrogen-bond donors (Lipinski definition) is 0. The fraction of sp³-hybridized carbons (Fsp3) is 0.571. The molecular formula is C14H19LiO. The van der Waals surface area contributed by atoms with Crippen molar-refractivity contribution in [2.75, 3.05) is 6.61 Å². The standard InChI is InChI=1S/C14H19O.Li/c1-2-6-12-9-10-14(15-11-12)13-7-4-3-5-8-13;/h4-5,7-8,12,14H,2,6,9-11H2,1H3;/q-1;+1. The first-order chi connectivity index (χ1) is 7.40. The Hall–Kier alpha value is -0.223. The zero-order valence-electron chi connectivity index (χ0n) is 10.4. The Balaban J connectivity index is 0.00000128. The summed E-state index contributed by atoms with van der Waals surface area (Å²) in [6, 6.07) is 11.2. The van der Waals surface area contributed by atoms with Gasteiger partial charge in [-0.25, -0.2) is 0 Å². The van der Waals surface area contributed by atoms with Crippen molar-refractivity contribution in [3.05, 3.63) is 35.9 Å². The van der Waals surface area contributed by atoms with Crippen molar-refractivity contribution >= 4 is 0 Å². The van der Waals surface area contributed by atoms with Crippen LogP contribution in [0.2, 0.25) is 0 Å². The Bertz CT molecular complexity index is 278. The van der Waals surface area contributed by atoms with Gasteiger partial charge in [0.05, 0.1) is 12.7 Å². The van der Waals surface area contributed by atoms with Crippen molar-refractivity contribution in [2.24, 2.45) is 5.92 Å². The van der Waals surface area contributed by atoms with E-state index in [1.54, 1.807) is 0 Å². The van der Waals surface area contributed by atoms with Crippen molar-refractivity contribution in [1.29, 1.82) is 0 Å². The van der Waals surface area contributed by atoms with Crippen LogP contribution in [0.3, 0.4) is 0 Å². The summed E-state index contributed by atoms with van der Waals surface area (Å²) >= 11 is 0. The van der Waals surface area contributed by atoms with Gasteiger partial charge in [0.2, 0.25) is 0 Å². The van der Waals surface area contributed by atoms with Crippen molar-refractivity contribution in [3.63, 3.8) is 0 Å². The van der Waals surface area contributed by atoms with E-state index in [-0.39, 0.29) is 18.9 Å². The molecule has 2 atom stereocenters. The third-order valence-electron chi connectivity index (χ3n) is 3.18. The topological polar surface area (TPSA) is 9.23 Å². The molecule has 1 fully saturated rings. The Morgan fingerprint density at radius 1 is 1.31 bits per heavy atom. The van der Waals surface area contributed by atoms with E-state index in [9.17, 15) is 0 Å². The molecule has 1 nitrogen and oxygen atoms in total. The van der Waals surface area contributed by atoms with E-state index in [1.165, 1.54) is 31.2 Å². The van der Waals surface area contributed by atoms with E-state index >= 15 is 0 Å². The third kappa shape index (κ3) is 3.66. The van der Waals surface area contributed by atoms with Gasteiger partial charge < -0.3 is 4.74 Å². The summed E-state index contributed by atoms with van der Waals surface area (Å²) in [5.74, 6) is 0.793. The number of benzene rings is 1. The molecule has 1 aromatic rings. The molecule has 1 saturated heterocycles. The minimum atomic E-state index is 0. The van der Waals surface area contributed by atoms with Gasteiger partial charge in [0.15, 0.2) is 0 Å². The molecule has 0 saturated carbocycles. The van der Waals surface area contributed by atoms with Gasteiger partial charge in [-0.2, -0.15) is 30.3 Å². The first-order valence-corrected chi connectivity index (χ1v) is 5.97. The first kappa shape index (κ1) is 13.8. The molecule has 1 aliphatic rings. The van der Waals surface area contributed by atoms with E-state index < -0.39 is 0 Å². The van der Waals surface area contributed by atoms with Gasteiger partial charge in [-0.15, -0.1) is 5.56 Å². The van der Waals surface area contributed by atoms with Gasteiger partial charge in [0, 0.05) is 0 Å². The van der Waals surface area contributed by atoms with Crippen molar-refractivity contribution < 1.29 is 23.6 Å². The molecule has 2 heteroatoms. The van der Waals surface area contributed by atoms with Gasteiger partial charge >= 0.3 is 18.9 Å². The molecule has 0 aliphatic carbocycles. The molecule has 16 heavy (non-hydrogen) atoms. The predicted molar refractivity (Wildman–Crippen MR) is 61.6 cm³/mol. The minimum absolute atomic E-state index is 0. The molecule has 0 radical (unpaired) electrons. The van der Waals surface area contributed by atoms with Crippen LogP contribution in [0.25, 0.3) is 0 Å². The van der Waals surface area contributed by atoms with E-state index in [4.69, 9.17) is 4.74 Å². The van der Waals surface area contributed by atoms with Crippen LogP contribution >= 0.6 is 0 Å². The van der Waals surface area contributed by atoms with E-state index in [1.807, 2.05) is 12.1 Å². The van der Waals surface area contributed by atoms with E-state index in [2.05, 4.69) is 25.1 Å². The van der Waals surface area contributed by atoms with Gasteiger partial charge in [0.1, 0.15) is 0 Å². The monoisotopic (exact) mass is 210 g/mol. The van der Waals surface area contributed by atoms with Gasteiger partial charge in [-0.1, -0.05) is 13.3 Å². The molecule has 2 rings (SSSR count). The van der Waals surface area contributed by atoms with Crippen LogP contribution in [0.15, 0.2) is 24.3 Å². The number of ether oxygens (including phenoxy) is 1. The Morgan fingerprint density at radius 2 is 2.06 bits per heavy atom. The molecule has 2 unspecified atom stereocenters. The second kappa shape index (κ2) is 7.17. The summed E-state index contributed by atoms with van der Waals surface area (Å²) in [6.07, 6.45) is 5.41. The molecule has 0 bridgehead atoms. The quantitative estimate of drug-likeness (QED) is 0.528. The van der Waals surface area contributed by atoms with Crippen LogP contribution in [0.5, 0.6) is 0 Å². The molecule has 1 aromatic carbocycles. The Kier molecular flexibility index (Phi) is 6.20. The van der Waals surface area contributed by atoms with Crippen LogP contribution in [0.1, 0.15) is 44.3 Å². The molecule has 82 valence electrons. The summed E-state index contributed by atoms with van der Waals surface area (Å²) in [7, 11) is 0. The van der Waals surface area contributed by atoms with Crippen LogP contribution in [0, 0.1) is 12.0 Å². The summed E-state index contributed by atoms with van der Waals surface area (Å²) < 4.78 is 5.92. The fourth-order valence-electron chi connectivity index (χ4n) is 2.32. The minimum Gasteiger partial charge on any atom is -0.375 e. The maximum atomic E-state index is 5.92. The maximum Gasteiger partial charge on any atom is 1.00 e. The van der Waals surface area contributed by atoms with Crippen LogP contribution in [-0.4, -0.2) is 6.61 Å². The van der Waals surface area contributed by atoms with Crippen LogP contribution in [-0.2, 0) is 4.74 Å². The second-order valence-corrected chi connectivity index (χ2v) is 4.39. The third-order valence-corrected chi connectivity index (χ3v) is 3.18. The predicted octanol–water partition coefficient (Wildman–Crippen LogP) is 0.759. The largest absolute Gasteiger partial charge is 1.00 e. The van der Waals surface area contributed by atoms with Crippen molar-refractivity contribution in [3.8, 4) is 0 Å². The summed E-state index contributed by atoms with van der Waals surface area (Å²) in [5.41, 5.74) is 1.31. The van der Waals surface area contributed by atoms with Crippen molar-refractivity contribution in [1.82, 2.24) is 0 Å². The Labute approximate surface area is 111 Å². The van der Waals surface area contributed by atoms with E-state index in [0.29, 0.717) is 6.10 Å². The zero-order chi connectivity index (χ0) is 10.5. The van der Waals surface area contributed by atoms with Gasteiger partial charge in [-0.05, 0) is 25.2 Å². The van der Waals surface area contributed by atoms with Gasteiger partial charge in [-0.3, -0.25) is 0 Å². The summed E-state index contributed by atoms with van der Waals surface area (Å²) in [4.78, 5) is 0. The molecule has 0 amide bonds. The summed E-state index contributed by atoms with van der Waals surface area (Å²) in [5, 5.41) is 0. The van der Waals surface area contributed by atoms with Crippen LogP contribution < -0.4 is 18.9 Å². The second-order valence-electron chi connectivity index (χ2n) is 4.39.